The third kappa shape index (κ3) is 1.37. The van der Waals surface area contributed by atoms with Gasteiger partial charge in [-0.3, -0.25) is 4.57 Å². The predicted molar refractivity (Wildman–Crippen MR) is 64.1 cm³/mol. The van der Waals surface area contributed by atoms with Gasteiger partial charge in [0.05, 0.1) is 12.1 Å². The van der Waals surface area contributed by atoms with Gasteiger partial charge in [0, 0.05) is 12.5 Å². The van der Waals surface area contributed by atoms with Crippen LogP contribution in [0.2, 0.25) is 0 Å². The molecule has 3 rings (SSSR count). The van der Waals surface area contributed by atoms with E-state index in [4.69, 9.17) is 4.42 Å². The molecule has 1 N–H and O–H groups in total. The van der Waals surface area contributed by atoms with E-state index in [2.05, 4.69) is 0 Å². The maximum Gasteiger partial charge on any atom is 0.419 e. The molecule has 0 radical (unpaired) electrons. The van der Waals surface area contributed by atoms with Crippen molar-refractivity contribution in [2.75, 3.05) is 6.61 Å². The van der Waals surface area contributed by atoms with Crippen molar-refractivity contribution in [3.05, 3.63) is 34.3 Å². The number of aliphatic hydroxyl groups is 1. The van der Waals surface area contributed by atoms with E-state index in [9.17, 15) is 9.90 Å². The summed E-state index contributed by atoms with van der Waals surface area (Å²) in [4.78, 5) is 11.4. The summed E-state index contributed by atoms with van der Waals surface area (Å²) in [6.45, 7) is 0.171. The fourth-order valence-corrected chi connectivity index (χ4v) is 2.60. The third-order valence-electron chi connectivity index (χ3n) is 4.02. The Morgan fingerprint density at radius 2 is 2.24 bits per heavy atom. The molecule has 0 amide bonds. The molecular weight excluding hydrogens is 218 g/mol. The first-order chi connectivity index (χ1) is 8.16. The van der Waals surface area contributed by atoms with E-state index in [-0.39, 0.29) is 17.8 Å². The molecule has 1 aromatic carbocycles. The average molecular weight is 233 g/mol. The molecule has 0 saturated heterocycles. The van der Waals surface area contributed by atoms with Gasteiger partial charge in [0.15, 0.2) is 5.58 Å². The minimum absolute atomic E-state index is 0.0957. The van der Waals surface area contributed by atoms with Gasteiger partial charge in [-0.1, -0.05) is 12.5 Å². The molecular formula is C13H15NO3. The quantitative estimate of drug-likeness (QED) is 0.856. The Kier molecular flexibility index (Phi) is 2.16. The van der Waals surface area contributed by atoms with E-state index in [1.165, 1.54) is 4.57 Å². The Labute approximate surface area is 98.5 Å². The van der Waals surface area contributed by atoms with Crippen molar-refractivity contribution in [3.63, 3.8) is 0 Å². The molecule has 1 heterocycles. The molecule has 1 aliphatic carbocycles. The van der Waals surface area contributed by atoms with Gasteiger partial charge >= 0.3 is 5.76 Å². The highest BCUT2D eigenvalue weighted by atomic mass is 16.4. The maximum atomic E-state index is 11.4. The molecule has 1 fully saturated rings. The lowest BCUT2D eigenvalue weighted by Crippen LogP contribution is -2.37. The zero-order valence-corrected chi connectivity index (χ0v) is 9.77. The summed E-state index contributed by atoms with van der Waals surface area (Å²) in [6.07, 6.45) is 3.19. The Morgan fingerprint density at radius 3 is 2.82 bits per heavy atom. The van der Waals surface area contributed by atoms with Gasteiger partial charge in [-0.25, -0.2) is 4.79 Å². The Hall–Kier alpha value is -1.55. The molecule has 0 bridgehead atoms. The standard InChI is InChI=1S/C13H15NO3/c1-14-10-7-9(13(8-15)5-2-6-13)3-4-11(10)17-12(14)16/h3-4,7,15H,2,5-6,8H2,1H3. The number of hydrogen-bond acceptors (Lipinski definition) is 3. The van der Waals surface area contributed by atoms with Gasteiger partial charge in [0.25, 0.3) is 0 Å². The predicted octanol–water partition coefficient (Wildman–Crippen LogP) is 1.55. The number of oxazole rings is 1. The van der Waals surface area contributed by atoms with E-state index in [0.29, 0.717) is 5.58 Å². The minimum Gasteiger partial charge on any atom is -0.408 e. The molecule has 1 saturated carbocycles. The van der Waals surface area contributed by atoms with E-state index >= 15 is 0 Å². The van der Waals surface area contributed by atoms with Crippen LogP contribution in [0.5, 0.6) is 0 Å². The van der Waals surface area contributed by atoms with Gasteiger partial charge < -0.3 is 9.52 Å². The molecule has 17 heavy (non-hydrogen) atoms. The lowest BCUT2D eigenvalue weighted by molar-refractivity contribution is 0.120. The van der Waals surface area contributed by atoms with Crippen LogP contribution in [0.25, 0.3) is 11.1 Å². The first-order valence-corrected chi connectivity index (χ1v) is 5.87. The summed E-state index contributed by atoms with van der Waals surface area (Å²) in [7, 11) is 1.70. The van der Waals surface area contributed by atoms with Crippen molar-refractivity contribution in [3.8, 4) is 0 Å². The van der Waals surface area contributed by atoms with Crippen LogP contribution in [-0.4, -0.2) is 16.3 Å². The van der Waals surface area contributed by atoms with Crippen molar-refractivity contribution >= 4 is 11.1 Å². The van der Waals surface area contributed by atoms with Crippen LogP contribution in [0.4, 0.5) is 0 Å². The molecule has 90 valence electrons. The topological polar surface area (TPSA) is 55.4 Å². The highest BCUT2D eigenvalue weighted by Crippen LogP contribution is 2.43. The molecule has 2 aromatic rings. The van der Waals surface area contributed by atoms with Gasteiger partial charge in [-0.15, -0.1) is 0 Å². The second-order valence-corrected chi connectivity index (χ2v) is 4.90. The summed E-state index contributed by atoms with van der Waals surface area (Å²) in [5.74, 6) is -0.344. The normalized spacial score (nSPS) is 18.2. The summed E-state index contributed by atoms with van der Waals surface area (Å²) < 4.78 is 6.60. The summed E-state index contributed by atoms with van der Waals surface area (Å²) in [6, 6.07) is 5.75. The maximum absolute atomic E-state index is 11.4. The zero-order chi connectivity index (χ0) is 12.0. The molecule has 0 spiro atoms. The van der Waals surface area contributed by atoms with Crippen molar-refractivity contribution in [1.82, 2.24) is 4.57 Å². The fraction of sp³-hybridized carbons (Fsp3) is 0.462. The van der Waals surface area contributed by atoms with Crippen LogP contribution in [0.3, 0.4) is 0 Å². The van der Waals surface area contributed by atoms with E-state index in [0.717, 1.165) is 30.3 Å². The number of nitrogens with zero attached hydrogens (tertiary/aromatic N) is 1. The smallest absolute Gasteiger partial charge is 0.408 e. The minimum atomic E-state index is -0.344. The summed E-state index contributed by atoms with van der Waals surface area (Å²) in [5.41, 5.74) is 2.41. The number of benzene rings is 1. The van der Waals surface area contributed by atoms with Crippen molar-refractivity contribution < 1.29 is 9.52 Å². The van der Waals surface area contributed by atoms with Crippen LogP contribution in [0.15, 0.2) is 27.4 Å². The third-order valence-corrected chi connectivity index (χ3v) is 4.02. The number of hydrogen-bond donors (Lipinski definition) is 1. The average Bonchev–Trinajstić information content (AvgIpc) is 2.55. The fourth-order valence-electron chi connectivity index (χ4n) is 2.60. The lowest BCUT2D eigenvalue weighted by Gasteiger charge is -2.40. The van der Waals surface area contributed by atoms with Crippen LogP contribution in [-0.2, 0) is 12.5 Å². The van der Waals surface area contributed by atoms with Crippen LogP contribution >= 0.6 is 0 Å². The number of aromatic nitrogens is 1. The Balaban J connectivity index is 2.19. The van der Waals surface area contributed by atoms with Crippen molar-refractivity contribution in [2.24, 2.45) is 7.05 Å². The van der Waals surface area contributed by atoms with Gasteiger partial charge in [-0.05, 0) is 30.5 Å². The lowest BCUT2D eigenvalue weighted by atomic mass is 9.65. The molecule has 0 aliphatic heterocycles. The van der Waals surface area contributed by atoms with Crippen LogP contribution in [0, 0.1) is 0 Å². The molecule has 4 heteroatoms. The Bertz CT molecular complexity index is 614. The Morgan fingerprint density at radius 1 is 1.47 bits per heavy atom. The van der Waals surface area contributed by atoms with Crippen molar-refractivity contribution in [1.29, 1.82) is 0 Å². The first-order valence-electron chi connectivity index (χ1n) is 5.87. The largest absolute Gasteiger partial charge is 0.419 e. The molecule has 1 aliphatic rings. The van der Waals surface area contributed by atoms with Gasteiger partial charge in [0.1, 0.15) is 0 Å². The van der Waals surface area contributed by atoms with Crippen molar-refractivity contribution in [2.45, 2.75) is 24.7 Å². The second kappa shape index (κ2) is 3.47. The van der Waals surface area contributed by atoms with E-state index in [1.807, 2.05) is 18.2 Å². The van der Waals surface area contributed by atoms with E-state index in [1.54, 1.807) is 7.05 Å². The zero-order valence-electron chi connectivity index (χ0n) is 9.77. The molecule has 0 atom stereocenters. The summed E-state index contributed by atoms with van der Waals surface area (Å²) in [5, 5.41) is 9.54. The van der Waals surface area contributed by atoms with Crippen LogP contribution < -0.4 is 5.76 Å². The second-order valence-electron chi connectivity index (χ2n) is 4.90. The first kappa shape index (κ1) is 10.6. The molecule has 4 nitrogen and oxygen atoms in total. The van der Waals surface area contributed by atoms with E-state index < -0.39 is 0 Å². The summed E-state index contributed by atoms with van der Waals surface area (Å²) >= 11 is 0. The number of fused-ring (bicyclic) bond motifs is 1. The van der Waals surface area contributed by atoms with Gasteiger partial charge in [-0.2, -0.15) is 0 Å². The number of aryl methyl sites for hydroxylation is 1. The van der Waals surface area contributed by atoms with Gasteiger partial charge in [0.2, 0.25) is 0 Å². The van der Waals surface area contributed by atoms with Crippen LogP contribution in [0.1, 0.15) is 24.8 Å². The number of rotatable bonds is 2. The highest BCUT2D eigenvalue weighted by molar-refractivity contribution is 5.74. The highest BCUT2D eigenvalue weighted by Gasteiger charge is 2.38. The SMILES string of the molecule is Cn1c(=O)oc2ccc(C3(CO)CCC3)cc21. The number of aliphatic hydroxyl groups excluding tert-OH is 1. The molecule has 0 unspecified atom stereocenters. The molecule has 1 aromatic heterocycles. The monoisotopic (exact) mass is 233 g/mol.